The van der Waals surface area contributed by atoms with Crippen LogP contribution in [-0.2, 0) is 16.4 Å². The molecular weight excluding hydrogens is 441 g/mol. The van der Waals surface area contributed by atoms with Crippen LogP contribution in [0.15, 0.2) is 70.1 Å². The van der Waals surface area contributed by atoms with Crippen molar-refractivity contribution in [3.8, 4) is 0 Å². The van der Waals surface area contributed by atoms with Gasteiger partial charge in [0.1, 0.15) is 5.82 Å². The number of hydrogen-bond acceptors (Lipinski definition) is 5. The van der Waals surface area contributed by atoms with E-state index in [2.05, 4.69) is 14.8 Å². The molecule has 5 rings (SSSR count). The number of rotatable bonds is 8. The number of benzene rings is 3. The monoisotopic (exact) mass is 467 g/mol. The lowest BCUT2D eigenvalue weighted by Crippen LogP contribution is -2.31. The Labute approximate surface area is 192 Å². The molecule has 6 nitrogen and oxygen atoms in total. The fourth-order valence-corrected chi connectivity index (χ4v) is 5.69. The molecule has 8 heteroatoms. The lowest BCUT2D eigenvalue weighted by Gasteiger charge is -2.16. The SMILES string of the molecule is O=S(=O)(NCC1CCN(CCCc2noc3cc(F)ccc23)C1)c1ccc2ccccc2c1. The zero-order chi connectivity index (χ0) is 22.8. The predicted molar refractivity (Wildman–Crippen MR) is 126 cm³/mol. The van der Waals surface area contributed by atoms with Crippen LogP contribution in [0, 0.1) is 11.7 Å². The Morgan fingerprint density at radius 2 is 1.94 bits per heavy atom. The summed E-state index contributed by atoms with van der Waals surface area (Å²) < 4.78 is 46.9. The first-order valence-corrected chi connectivity index (χ1v) is 12.7. The van der Waals surface area contributed by atoms with Crippen LogP contribution >= 0.6 is 0 Å². The minimum Gasteiger partial charge on any atom is -0.356 e. The molecule has 0 bridgehead atoms. The summed E-state index contributed by atoms with van der Waals surface area (Å²) in [4.78, 5) is 2.66. The van der Waals surface area contributed by atoms with Crippen molar-refractivity contribution in [3.63, 3.8) is 0 Å². The number of halogens is 1. The number of aryl methyl sites for hydroxylation is 1. The van der Waals surface area contributed by atoms with Crippen LogP contribution in [-0.4, -0.2) is 44.7 Å². The van der Waals surface area contributed by atoms with Crippen molar-refractivity contribution in [2.75, 3.05) is 26.2 Å². The fourth-order valence-electron chi connectivity index (χ4n) is 4.54. The molecule has 1 aromatic heterocycles. The maximum atomic E-state index is 13.3. The van der Waals surface area contributed by atoms with Gasteiger partial charge in [0.05, 0.1) is 10.6 Å². The van der Waals surface area contributed by atoms with E-state index in [1.807, 2.05) is 30.3 Å². The molecule has 1 N–H and O–H groups in total. The molecule has 172 valence electrons. The molecule has 0 aliphatic carbocycles. The Hall–Kier alpha value is -2.81. The molecular formula is C25H26FN3O3S. The molecule has 1 atom stereocenters. The Kier molecular flexibility index (Phi) is 6.14. The number of aromatic nitrogens is 1. The molecule has 1 aliphatic rings. The Balaban J connectivity index is 1.11. The molecule has 4 aromatic rings. The van der Waals surface area contributed by atoms with Crippen molar-refractivity contribution in [1.29, 1.82) is 0 Å². The summed E-state index contributed by atoms with van der Waals surface area (Å²) in [7, 11) is -3.54. The Morgan fingerprint density at radius 1 is 1.09 bits per heavy atom. The van der Waals surface area contributed by atoms with Crippen molar-refractivity contribution < 1.29 is 17.3 Å². The van der Waals surface area contributed by atoms with Gasteiger partial charge < -0.3 is 9.42 Å². The summed E-state index contributed by atoms with van der Waals surface area (Å²) in [5.74, 6) is -0.0411. The van der Waals surface area contributed by atoms with Gasteiger partial charge in [0.15, 0.2) is 5.58 Å². The first-order chi connectivity index (χ1) is 16.0. The maximum Gasteiger partial charge on any atom is 0.240 e. The highest BCUT2D eigenvalue weighted by atomic mass is 32.2. The van der Waals surface area contributed by atoms with Gasteiger partial charge in [-0.2, -0.15) is 0 Å². The smallest absolute Gasteiger partial charge is 0.240 e. The van der Waals surface area contributed by atoms with E-state index < -0.39 is 10.0 Å². The molecule has 33 heavy (non-hydrogen) atoms. The highest BCUT2D eigenvalue weighted by Crippen LogP contribution is 2.23. The van der Waals surface area contributed by atoms with Gasteiger partial charge in [-0.15, -0.1) is 0 Å². The van der Waals surface area contributed by atoms with Gasteiger partial charge >= 0.3 is 0 Å². The Morgan fingerprint density at radius 3 is 2.82 bits per heavy atom. The summed E-state index contributed by atoms with van der Waals surface area (Å²) in [6.45, 7) is 3.16. The van der Waals surface area contributed by atoms with Crippen LogP contribution in [0.25, 0.3) is 21.7 Å². The van der Waals surface area contributed by atoms with Crippen LogP contribution < -0.4 is 4.72 Å². The van der Waals surface area contributed by atoms with Gasteiger partial charge in [-0.05, 0) is 73.3 Å². The number of sulfonamides is 1. The van der Waals surface area contributed by atoms with E-state index in [1.54, 1.807) is 18.2 Å². The second-order valence-electron chi connectivity index (χ2n) is 8.69. The standard InChI is InChI=1S/C25H26FN3O3S/c26-21-8-10-23-24(28-32-25(23)15-21)6-3-12-29-13-11-18(17-29)16-27-33(30,31)22-9-7-19-4-1-2-5-20(19)14-22/h1-2,4-5,7-10,14-15,18,27H,3,6,11-13,16-17H2. The molecule has 2 heterocycles. The van der Waals surface area contributed by atoms with Crippen LogP contribution in [0.4, 0.5) is 4.39 Å². The molecule has 0 spiro atoms. The largest absolute Gasteiger partial charge is 0.356 e. The number of nitrogens with zero attached hydrogens (tertiary/aromatic N) is 2. The molecule has 1 unspecified atom stereocenters. The van der Waals surface area contributed by atoms with Crippen molar-refractivity contribution in [2.45, 2.75) is 24.2 Å². The van der Waals surface area contributed by atoms with E-state index >= 15 is 0 Å². The molecule has 1 fully saturated rings. The summed E-state index contributed by atoms with van der Waals surface area (Å²) in [5, 5.41) is 6.88. The zero-order valence-electron chi connectivity index (χ0n) is 18.2. The average molecular weight is 468 g/mol. The summed E-state index contributed by atoms with van der Waals surface area (Å²) in [5.41, 5.74) is 1.33. The number of hydrogen-bond donors (Lipinski definition) is 1. The van der Waals surface area contributed by atoms with Gasteiger partial charge in [-0.1, -0.05) is 35.5 Å². The van der Waals surface area contributed by atoms with E-state index in [1.165, 1.54) is 12.1 Å². The second-order valence-corrected chi connectivity index (χ2v) is 10.5. The van der Waals surface area contributed by atoms with Crippen LogP contribution in [0.3, 0.4) is 0 Å². The molecule has 0 amide bonds. The third-order valence-electron chi connectivity index (χ3n) is 6.36. The number of likely N-dealkylation sites (tertiary alicyclic amines) is 1. The summed E-state index contributed by atoms with van der Waals surface area (Å²) in [6, 6.07) is 17.5. The van der Waals surface area contributed by atoms with Crippen LogP contribution in [0.2, 0.25) is 0 Å². The molecule has 0 radical (unpaired) electrons. The number of fused-ring (bicyclic) bond motifs is 2. The van der Waals surface area contributed by atoms with Crippen molar-refractivity contribution in [1.82, 2.24) is 14.8 Å². The maximum absolute atomic E-state index is 13.3. The average Bonchev–Trinajstić information content (AvgIpc) is 3.44. The zero-order valence-corrected chi connectivity index (χ0v) is 19.0. The van der Waals surface area contributed by atoms with Crippen molar-refractivity contribution >= 4 is 31.8 Å². The molecule has 1 saturated heterocycles. The number of nitrogens with one attached hydrogen (secondary N) is 1. The lowest BCUT2D eigenvalue weighted by atomic mass is 10.1. The quantitative estimate of drug-likeness (QED) is 0.417. The Bertz CT molecular complexity index is 1390. The predicted octanol–water partition coefficient (Wildman–Crippen LogP) is 4.35. The molecule has 0 saturated carbocycles. The van der Waals surface area contributed by atoms with Crippen molar-refractivity contribution in [2.24, 2.45) is 5.92 Å². The normalized spacial score (nSPS) is 17.3. The van der Waals surface area contributed by atoms with Gasteiger partial charge in [0, 0.05) is 24.5 Å². The van der Waals surface area contributed by atoms with Gasteiger partial charge in [0.25, 0.3) is 0 Å². The van der Waals surface area contributed by atoms with Crippen molar-refractivity contribution in [3.05, 3.63) is 72.2 Å². The van der Waals surface area contributed by atoms with Gasteiger partial charge in [-0.3, -0.25) is 0 Å². The van der Waals surface area contributed by atoms with Crippen LogP contribution in [0.5, 0.6) is 0 Å². The van der Waals surface area contributed by atoms with Gasteiger partial charge in [0.2, 0.25) is 10.0 Å². The third kappa shape index (κ3) is 4.93. The minimum atomic E-state index is -3.54. The second kappa shape index (κ2) is 9.21. The fraction of sp³-hybridized carbons (Fsp3) is 0.320. The minimum absolute atomic E-state index is 0.288. The van der Waals surface area contributed by atoms with E-state index in [0.29, 0.717) is 17.0 Å². The van der Waals surface area contributed by atoms with E-state index in [0.717, 1.165) is 60.7 Å². The highest BCUT2D eigenvalue weighted by Gasteiger charge is 2.24. The van der Waals surface area contributed by atoms with E-state index in [9.17, 15) is 12.8 Å². The first kappa shape index (κ1) is 22.0. The van der Waals surface area contributed by atoms with Gasteiger partial charge in [-0.25, -0.2) is 17.5 Å². The topological polar surface area (TPSA) is 75.4 Å². The molecule has 1 aliphatic heterocycles. The van der Waals surface area contributed by atoms with E-state index in [-0.39, 0.29) is 11.7 Å². The molecule has 3 aromatic carbocycles. The van der Waals surface area contributed by atoms with Crippen LogP contribution in [0.1, 0.15) is 18.5 Å². The third-order valence-corrected chi connectivity index (χ3v) is 7.78. The van der Waals surface area contributed by atoms with E-state index in [4.69, 9.17) is 4.52 Å². The lowest BCUT2D eigenvalue weighted by molar-refractivity contribution is 0.318. The summed E-state index contributed by atoms with van der Waals surface area (Å²) in [6.07, 6.45) is 2.63. The first-order valence-electron chi connectivity index (χ1n) is 11.2. The summed E-state index contributed by atoms with van der Waals surface area (Å²) >= 11 is 0. The highest BCUT2D eigenvalue weighted by molar-refractivity contribution is 7.89.